The number of rotatable bonds is 20. The van der Waals surface area contributed by atoms with Gasteiger partial charge in [-0.25, -0.2) is 9.97 Å². The molecule has 0 amide bonds. The number of nitrogens with zero attached hydrogens (tertiary/aromatic N) is 3. The van der Waals surface area contributed by atoms with E-state index >= 15 is 0 Å². The third kappa shape index (κ3) is 13.1. The number of allylic oxidation sites excluding steroid dienone is 4. The monoisotopic (exact) mass is 1080 g/mol. The van der Waals surface area contributed by atoms with E-state index in [0.717, 1.165) is 137 Å². The highest BCUT2D eigenvalue weighted by molar-refractivity contribution is 7.22. The summed E-state index contributed by atoms with van der Waals surface area (Å²) in [5, 5.41) is 0. The van der Waals surface area contributed by atoms with Gasteiger partial charge in [0.25, 0.3) is 0 Å². The summed E-state index contributed by atoms with van der Waals surface area (Å²) in [6.45, 7) is 22.7. The number of aromatic amines is 2. The van der Waals surface area contributed by atoms with E-state index < -0.39 is 0 Å². The molecule has 0 unspecified atom stereocenters. The van der Waals surface area contributed by atoms with Gasteiger partial charge in [-0.3, -0.25) is 0 Å². The van der Waals surface area contributed by atoms with E-state index in [0.29, 0.717) is 0 Å². The Morgan fingerprint density at radius 1 is 0.443 bits per heavy atom. The first-order valence-corrected chi connectivity index (χ1v) is 31.5. The maximum Gasteiger partial charge on any atom is 0.0851 e. The predicted octanol–water partition coefficient (Wildman–Crippen LogP) is 18.9. The average molecular weight is 1080 g/mol. The van der Waals surface area contributed by atoms with E-state index in [-0.39, 0.29) is 0 Å². The first-order chi connectivity index (χ1) is 38.6. The van der Waals surface area contributed by atoms with Crippen LogP contribution >= 0.6 is 22.7 Å². The van der Waals surface area contributed by atoms with Crippen molar-refractivity contribution >= 4 is 72.7 Å². The molecule has 0 spiro atoms. The zero-order valence-corrected chi connectivity index (χ0v) is 51.2. The van der Waals surface area contributed by atoms with Gasteiger partial charge in [-0.1, -0.05) is 120 Å². The lowest BCUT2D eigenvalue weighted by atomic mass is 9.94. The smallest absolute Gasteiger partial charge is 0.0851 e. The molecule has 408 valence electrons. The molecule has 2 aliphatic heterocycles. The lowest BCUT2D eigenvalue weighted by Crippen LogP contribution is -2.08. The Balaban J connectivity index is 1.30. The maximum absolute atomic E-state index is 5.63. The Morgan fingerprint density at radius 2 is 0.873 bits per heavy atom. The van der Waals surface area contributed by atoms with Crippen molar-refractivity contribution in [1.82, 2.24) is 19.9 Å². The summed E-state index contributed by atoms with van der Waals surface area (Å²) in [4.78, 5) is 25.9. The molecule has 5 aromatic heterocycles. The summed E-state index contributed by atoms with van der Waals surface area (Å²) in [6.07, 6.45) is 18.8. The van der Waals surface area contributed by atoms with Gasteiger partial charge in [0.15, 0.2) is 0 Å². The van der Waals surface area contributed by atoms with Gasteiger partial charge >= 0.3 is 0 Å². The van der Waals surface area contributed by atoms with Crippen LogP contribution in [0.1, 0.15) is 223 Å². The number of hydrogen-bond donors (Lipinski definition) is 2. The summed E-state index contributed by atoms with van der Waals surface area (Å²) in [5.41, 5.74) is 24.6. The standard InChI is InChI=1S/C72H83N5S2/c1-13-23-25-27-36-49-43-69(78-67(49)40-31-29-34-48-35-33-38-51(42-48)77(11)12)70-44-50(37-28-26-24-14-2)68(79-70)41-32-30-39-60-71-58(21-9)56(19-7)65(75-71)46-63-54(17-5)52(15-3)61(73-63)45-62-53(16-4)55(18-6)64(74-62)47-66-57(20-8)59(22-10)72(60)76-66/h33,35,38,42-47,73-74H,13-28,36-37H2,1-12H3. The fraction of sp³-hybridized carbons (Fsp3) is 0.417. The van der Waals surface area contributed by atoms with Crippen LogP contribution in [0.3, 0.4) is 0 Å². The average Bonchev–Trinajstić information content (AvgIpc) is 4.52. The lowest BCUT2D eigenvalue weighted by molar-refractivity contribution is 0.667. The molecule has 2 aliphatic rings. The summed E-state index contributed by atoms with van der Waals surface area (Å²) in [5.74, 6) is 27.4. The van der Waals surface area contributed by atoms with Gasteiger partial charge in [0.1, 0.15) is 0 Å². The van der Waals surface area contributed by atoms with Crippen LogP contribution in [-0.4, -0.2) is 34.0 Å². The number of anilines is 1. The van der Waals surface area contributed by atoms with Gasteiger partial charge in [0, 0.05) is 57.2 Å². The summed E-state index contributed by atoms with van der Waals surface area (Å²) in [6, 6.07) is 20.1. The molecule has 79 heavy (non-hydrogen) atoms. The van der Waals surface area contributed by atoms with Crippen LogP contribution in [0.4, 0.5) is 5.69 Å². The Hall–Kier alpha value is -6.74. The van der Waals surface area contributed by atoms with E-state index in [1.165, 1.54) is 115 Å². The Bertz CT molecular complexity index is 3570. The number of fused-ring (bicyclic) bond motifs is 8. The molecule has 8 rings (SSSR count). The number of unbranched alkanes of at least 4 members (excludes halogenated alkanes) is 6. The van der Waals surface area contributed by atoms with Gasteiger partial charge in [0.2, 0.25) is 0 Å². The molecule has 2 N–H and O–H groups in total. The number of thiophene rings is 2. The number of aromatic nitrogens is 4. The van der Waals surface area contributed by atoms with Crippen LogP contribution in [0.25, 0.3) is 54.1 Å². The van der Waals surface area contributed by atoms with Crippen molar-refractivity contribution < 1.29 is 0 Å². The minimum Gasteiger partial charge on any atom is -0.378 e. The number of H-pyrrole nitrogens is 2. The molecule has 7 heterocycles. The largest absolute Gasteiger partial charge is 0.378 e. The van der Waals surface area contributed by atoms with Crippen molar-refractivity contribution in [3.8, 4) is 57.1 Å². The fourth-order valence-corrected chi connectivity index (χ4v) is 13.9. The van der Waals surface area contributed by atoms with Crippen molar-refractivity contribution in [2.45, 2.75) is 185 Å². The van der Waals surface area contributed by atoms with Crippen molar-refractivity contribution in [3.63, 3.8) is 0 Å². The van der Waals surface area contributed by atoms with Crippen LogP contribution in [0, 0.1) is 47.4 Å². The van der Waals surface area contributed by atoms with Crippen molar-refractivity contribution in [2.75, 3.05) is 19.0 Å². The van der Waals surface area contributed by atoms with Gasteiger partial charge in [-0.2, -0.15) is 0 Å². The molecular formula is C72H83N5S2. The highest BCUT2D eigenvalue weighted by Crippen LogP contribution is 2.43. The third-order valence-corrected chi connectivity index (χ3v) is 18.2. The van der Waals surface area contributed by atoms with E-state index in [1.807, 2.05) is 6.07 Å². The van der Waals surface area contributed by atoms with Gasteiger partial charge in [-0.05, 0) is 223 Å². The molecule has 1 aromatic carbocycles. The molecule has 8 bridgehead atoms. The number of aryl methyl sites for hydroxylation is 6. The SMILES string of the molecule is CCCCCCc1cc(-c2cc(CCCCCC)c(C#CC#Cc3c4nc(cc5[nH]c(cc6[nH]c(cc7nc3C(CC)=C7CC)c(CC)c6CC)c(CC)c5CC)C(CC)=C4CC)s2)sc1C#CC#Cc1cccc(N(C)C)c1. The summed E-state index contributed by atoms with van der Waals surface area (Å²) < 4.78 is 0. The van der Waals surface area contributed by atoms with Crippen LogP contribution < -0.4 is 4.90 Å². The second-order valence-electron chi connectivity index (χ2n) is 21.1. The predicted molar refractivity (Wildman–Crippen MR) is 345 cm³/mol. The molecular weight excluding hydrogens is 999 g/mol. The zero-order chi connectivity index (χ0) is 56.0. The molecule has 0 atom stereocenters. The van der Waals surface area contributed by atoms with E-state index in [9.17, 15) is 0 Å². The molecule has 7 heteroatoms. The van der Waals surface area contributed by atoms with Crippen molar-refractivity contribution in [3.05, 3.63) is 132 Å². The van der Waals surface area contributed by atoms with Crippen LogP contribution in [0.15, 0.2) is 54.6 Å². The van der Waals surface area contributed by atoms with E-state index in [1.54, 1.807) is 22.7 Å². The van der Waals surface area contributed by atoms with Gasteiger partial charge < -0.3 is 14.9 Å². The Morgan fingerprint density at radius 3 is 1.29 bits per heavy atom. The van der Waals surface area contributed by atoms with E-state index in [4.69, 9.17) is 9.97 Å². The van der Waals surface area contributed by atoms with Crippen LogP contribution in [0.5, 0.6) is 0 Å². The Labute approximate surface area is 482 Å². The molecule has 0 saturated heterocycles. The molecule has 0 saturated carbocycles. The second kappa shape index (κ2) is 27.9. The van der Waals surface area contributed by atoms with Gasteiger partial charge in [-0.15, -0.1) is 22.7 Å². The molecule has 0 fully saturated rings. The number of hydrogen-bond acceptors (Lipinski definition) is 5. The summed E-state index contributed by atoms with van der Waals surface area (Å²) >= 11 is 3.60. The van der Waals surface area contributed by atoms with Crippen LogP contribution in [0.2, 0.25) is 0 Å². The minimum absolute atomic E-state index is 0.835. The first-order valence-electron chi connectivity index (χ1n) is 29.9. The Kier molecular flexibility index (Phi) is 20.6. The maximum atomic E-state index is 5.63. The summed E-state index contributed by atoms with van der Waals surface area (Å²) in [7, 11) is 4.11. The molecule has 0 radical (unpaired) electrons. The van der Waals surface area contributed by atoms with Crippen molar-refractivity contribution in [1.29, 1.82) is 0 Å². The number of benzene rings is 1. The van der Waals surface area contributed by atoms with Crippen LogP contribution in [-0.2, 0) is 38.5 Å². The zero-order valence-electron chi connectivity index (χ0n) is 49.6. The highest BCUT2D eigenvalue weighted by Gasteiger charge is 2.27. The molecule has 6 aromatic rings. The molecule has 0 aliphatic carbocycles. The molecule has 5 nitrogen and oxygen atoms in total. The normalized spacial score (nSPS) is 11.9. The first kappa shape index (κ1) is 58.4. The second-order valence-corrected chi connectivity index (χ2v) is 23.2. The van der Waals surface area contributed by atoms with E-state index in [2.05, 4.69) is 194 Å². The van der Waals surface area contributed by atoms with Crippen molar-refractivity contribution in [2.24, 2.45) is 0 Å². The topological polar surface area (TPSA) is 60.6 Å². The quantitative estimate of drug-likeness (QED) is 0.0592. The highest BCUT2D eigenvalue weighted by atomic mass is 32.1. The van der Waals surface area contributed by atoms with Gasteiger partial charge in [0.05, 0.1) is 38.1 Å². The number of nitrogens with one attached hydrogen (secondary N) is 2. The minimum atomic E-state index is 0.835. The lowest BCUT2D eigenvalue weighted by Gasteiger charge is -2.11. The fourth-order valence-electron chi connectivity index (χ4n) is 11.7. The third-order valence-electron chi connectivity index (χ3n) is 15.8.